The van der Waals surface area contributed by atoms with Crippen molar-refractivity contribution in [2.45, 2.75) is 33.7 Å². The molecular formula is C13H21FN2. The zero-order valence-corrected chi connectivity index (χ0v) is 10.7. The Kier molecular flexibility index (Phi) is 3.79. The Morgan fingerprint density at radius 1 is 1.25 bits per heavy atom. The molecule has 0 spiro atoms. The van der Waals surface area contributed by atoms with Crippen molar-refractivity contribution in [3.05, 3.63) is 23.5 Å². The third-order valence-corrected chi connectivity index (χ3v) is 3.26. The number of nitrogen functional groups attached to an aromatic ring is 1. The molecule has 90 valence electrons. The van der Waals surface area contributed by atoms with E-state index in [9.17, 15) is 4.39 Å². The van der Waals surface area contributed by atoms with Crippen LogP contribution in [0.3, 0.4) is 0 Å². The molecule has 0 amide bonds. The second-order valence-corrected chi connectivity index (χ2v) is 4.76. The lowest BCUT2D eigenvalue weighted by Gasteiger charge is -2.31. The highest BCUT2D eigenvalue weighted by Gasteiger charge is 2.16. The SMILES string of the molecule is Cc1cc(N(C)C(C)C(C)C)c(N)cc1F. The molecular weight excluding hydrogens is 203 g/mol. The van der Waals surface area contributed by atoms with Gasteiger partial charge in [-0.25, -0.2) is 4.39 Å². The molecule has 0 aliphatic rings. The second-order valence-electron chi connectivity index (χ2n) is 4.76. The summed E-state index contributed by atoms with van der Waals surface area (Å²) in [5.41, 5.74) is 7.88. The van der Waals surface area contributed by atoms with Crippen molar-refractivity contribution in [2.24, 2.45) is 5.92 Å². The fraction of sp³-hybridized carbons (Fsp3) is 0.538. The highest BCUT2D eigenvalue weighted by molar-refractivity contribution is 5.68. The standard InChI is InChI=1S/C13H21FN2/c1-8(2)10(4)16(5)13-6-9(3)11(14)7-12(13)15/h6-8,10H,15H2,1-5H3. The summed E-state index contributed by atoms with van der Waals surface area (Å²) < 4.78 is 13.3. The third kappa shape index (κ3) is 2.46. The number of hydrogen-bond donors (Lipinski definition) is 1. The van der Waals surface area contributed by atoms with Crippen LogP contribution in [0.2, 0.25) is 0 Å². The maximum atomic E-state index is 13.3. The summed E-state index contributed by atoms with van der Waals surface area (Å²) >= 11 is 0. The van der Waals surface area contributed by atoms with Gasteiger partial charge < -0.3 is 10.6 Å². The molecule has 3 heteroatoms. The fourth-order valence-electron chi connectivity index (χ4n) is 1.65. The average molecular weight is 224 g/mol. The van der Waals surface area contributed by atoms with E-state index in [2.05, 4.69) is 25.7 Å². The first-order valence-electron chi connectivity index (χ1n) is 5.63. The van der Waals surface area contributed by atoms with Crippen LogP contribution >= 0.6 is 0 Å². The second kappa shape index (κ2) is 4.73. The largest absolute Gasteiger partial charge is 0.397 e. The van der Waals surface area contributed by atoms with Crippen LogP contribution in [0, 0.1) is 18.7 Å². The van der Waals surface area contributed by atoms with Gasteiger partial charge in [-0.3, -0.25) is 0 Å². The number of nitrogens with two attached hydrogens (primary N) is 1. The van der Waals surface area contributed by atoms with Crippen LogP contribution in [-0.4, -0.2) is 13.1 Å². The number of anilines is 2. The van der Waals surface area contributed by atoms with E-state index in [1.165, 1.54) is 6.07 Å². The summed E-state index contributed by atoms with van der Waals surface area (Å²) in [4.78, 5) is 2.10. The van der Waals surface area contributed by atoms with E-state index in [-0.39, 0.29) is 5.82 Å². The first-order chi connectivity index (χ1) is 7.34. The zero-order chi connectivity index (χ0) is 12.5. The van der Waals surface area contributed by atoms with Gasteiger partial charge in [0.1, 0.15) is 5.82 Å². The van der Waals surface area contributed by atoms with E-state index in [0.29, 0.717) is 23.2 Å². The Bertz CT molecular complexity index is 374. The van der Waals surface area contributed by atoms with E-state index >= 15 is 0 Å². The highest BCUT2D eigenvalue weighted by atomic mass is 19.1. The Morgan fingerprint density at radius 2 is 1.81 bits per heavy atom. The van der Waals surface area contributed by atoms with Gasteiger partial charge >= 0.3 is 0 Å². The first-order valence-corrected chi connectivity index (χ1v) is 5.63. The molecule has 1 unspecified atom stereocenters. The predicted molar refractivity (Wildman–Crippen MR) is 68.3 cm³/mol. The normalized spacial score (nSPS) is 12.9. The quantitative estimate of drug-likeness (QED) is 0.799. The van der Waals surface area contributed by atoms with E-state index in [0.717, 1.165) is 5.69 Å². The summed E-state index contributed by atoms with van der Waals surface area (Å²) in [5.74, 6) is 0.279. The van der Waals surface area contributed by atoms with Crippen molar-refractivity contribution in [3.63, 3.8) is 0 Å². The van der Waals surface area contributed by atoms with Crippen LogP contribution < -0.4 is 10.6 Å². The van der Waals surface area contributed by atoms with Crippen molar-refractivity contribution in [2.75, 3.05) is 17.7 Å². The van der Waals surface area contributed by atoms with E-state index < -0.39 is 0 Å². The van der Waals surface area contributed by atoms with Crippen LogP contribution in [0.15, 0.2) is 12.1 Å². The predicted octanol–water partition coefficient (Wildman–Crippen LogP) is 3.20. The van der Waals surface area contributed by atoms with Gasteiger partial charge in [-0.15, -0.1) is 0 Å². The molecule has 1 aromatic rings. The summed E-state index contributed by atoms with van der Waals surface area (Å²) in [5, 5.41) is 0. The van der Waals surface area contributed by atoms with Crippen LogP contribution in [0.1, 0.15) is 26.3 Å². The molecule has 2 nitrogen and oxygen atoms in total. The zero-order valence-electron chi connectivity index (χ0n) is 10.7. The molecule has 1 rings (SSSR count). The van der Waals surface area contributed by atoms with Crippen molar-refractivity contribution >= 4 is 11.4 Å². The minimum absolute atomic E-state index is 0.244. The average Bonchev–Trinajstić information content (AvgIpc) is 2.21. The molecule has 1 aromatic carbocycles. The lowest BCUT2D eigenvalue weighted by atomic mass is 10.0. The maximum absolute atomic E-state index is 13.3. The van der Waals surface area contributed by atoms with Crippen LogP contribution in [0.5, 0.6) is 0 Å². The Morgan fingerprint density at radius 3 is 2.31 bits per heavy atom. The van der Waals surface area contributed by atoms with E-state index in [1.54, 1.807) is 6.92 Å². The molecule has 2 N–H and O–H groups in total. The molecule has 0 aliphatic heterocycles. The summed E-state index contributed by atoms with van der Waals surface area (Å²) in [6, 6.07) is 3.57. The van der Waals surface area contributed by atoms with Gasteiger partial charge in [0.25, 0.3) is 0 Å². The first kappa shape index (κ1) is 12.8. The molecule has 0 radical (unpaired) electrons. The van der Waals surface area contributed by atoms with E-state index in [4.69, 9.17) is 5.73 Å². The van der Waals surface area contributed by atoms with E-state index in [1.807, 2.05) is 13.1 Å². The Hall–Kier alpha value is -1.25. The fourth-order valence-corrected chi connectivity index (χ4v) is 1.65. The lowest BCUT2D eigenvalue weighted by Crippen LogP contribution is -2.33. The van der Waals surface area contributed by atoms with Gasteiger partial charge in [0, 0.05) is 13.1 Å². The van der Waals surface area contributed by atoms with Crippen LogP contribution in [-0.2, 0) is 0 Å². The number of benzene rings is 1. The van der Waals surface area contributed by atoms with Crippen molar-refractivity contribution in [1.82, 2.24) is 0 Å². The number of halogens is 1. The molecule has 0 fully saturated rings. The minimum atomic E-state index is -0.244. The maximum Gasteiger partial charge on any atom is 0.128 e. The molecule has 0 saturated heterocycles. The van der Waals surface area contributed by atoms with Gasteiger partial charge in [0.05, 0.1) is 11.4 Å². The Labute approximate surface area is 97.3 Å². The van der Waals surface area contributed by atoms with Crippen LogP contribution in [0.25, 0.3) is 0 Å². The molecule has 1 atom stereocenters. The summed E-state index contributed by atoms with van der Waals surface area (Å²) in [7, 11) is 1.99. The van der Waals surface area contributed by atoms with Gasteiger partial charge in [-0.1, -0.05) is 13.8 Å². The lowest BCUT2D eigenvalue weighted by molar-refractivity contribution is 0.505. The molecule has 0 heterocycles. The van der Waals surface area contributed by atoms with Gasteiger partial charge in [0.2, 0.25) is 0 Å². The van der Waals surface area contributed by atoms with Crippen molar-refractivity contribution in [3.8, 4) is 0 Å². The molecule has 0 aromatic heterocycles. The highest BCUT2D eigenvalue weighted by Crippen LogP contribution is 2.28. The molecule has 0 bridgehead atoms. The van der Waals surface area contributed by atoms with Gasteiger partial charge in [-0.2, -0.15) is 0 Å². The number of nitrogens with zero attached hydrogens (tertiary/aromatic N) is 1. The third-order valence-electron chi connectivity index (χ3n) is 3.26. The summed E-state index contributed by atoms with van der Waals surface area (Å²) in [6.07, 6.45) is 0. The minimum Gasteiger partial charge on any atom is -0.397 e. The number of hydrogen-bond acceptors (Lipinski definition) is 2. The van der Waals surface area contributed by atoms with Crippen molar-refractivity contribution < 1.29 is 4.39 Å². The van der Waals surface area contributed by atoms with Gasteiger partial charge in [-0.05, 0) is 37.5 Å². The Balaban J connectivity index is 3.08. The van der Waals surface area contributed by atoms with Crippen molar-refractivity contribution in [1.29, 1.82) is 0 Å². The molecule has 0 aliphatic carbocycles. The molecule has 16 heavy (non-hydrogen) atoms. The topological polar surface area (TPSA) is 29.3 Å². The number of aryl methyl sites for hydroxylation is 1. The smallest absolute Gasteiger partial charge is 0.128 e. The van der Waals surface area contributed by atoms with Crippen LogP contribution in [0.4, 0.5) is 15.8 Å². The number of rotatable bonds is 3. The monoisotopic (exact) mass is 224 g/mol. The summed E-state index contributed by atoms with van der Waals surface area (Å²) in [6.45, 7) is 8.22. The molecule has 0 saturated carbocycles. The van der Waals surface area contributed by atoms with Gasteiger partial charge in [0.15, 0.2) is 0 Å².